The summed E-state index contributed by atoms with van der Waals surface area (Å²) in [5.41, 5.74) is 1.37. The van der Waals surface area contributed by atoms with Crippen molar-refractivity contribution in [3.63, 3.8) is 0 Å². The molecule has 2 atom stereocenters. The van der Waals surface area contributed by atoms with Gasteiger partial charge in [0.2, 0.25) is 5.13 Å². The zero-order valence-electron chi connectivity index (χ0n) is 13.4. The van der Waals surface area contributed by atoms with Crippen molar-refractivity contribution in [2.75, 3.05) is 31.1 Å². The number of rotatable bonds is 4. The number of aromatic nitrogens is 2. The van der Waals surface area contributed by atoms with Crippen LogP contribution in [0.4, 0.5) is 5.13 Å². The molecule has 23 heavy (non-hydrogen) atoms. The van der Waals surface area contributed by atoms with Crippen molar-refractivity contribution in [2.24, 2.45) is 0 Å². The largest absolute Gasteiger partial charge is 0.373 e. The predicted molar refractivity (Wildman–Crippen MR) is 91.9 cm³/mol. The number of morpholine rings is 1. The van der Waals surface area contributed by atoms with Gasteiger partial charge in [0.25, 0.3) is 0 Å². The summed E-state index contributed by atoms with van der Waals surface area (Å²) in [5.74, 6) is 0.946. The Morgan fingerprint density at radius 3 is 2.91 bits per heavy atom. The highest BCUT2D eigenvalue weighted by Gasteiger charge is 2.41. The molecule has 3 heterocycles. The van der Waals surface area contributed by atoms with Gasteiger partial charge in [0.1, 0.15) is 5.82 Å². The van der Waals surface area contributed by atoms with Crippen LogP contribution in [0.15, 0.2) is 30.3 Å². The summed E-state index contributed by atoms with van der Waals surface area (Å²) in [7, 11) is 0. The molecule has 0 radical (unpaired) electrons. The zero-order chi connectivity index (χ0) is 15.6. The molecule has 2 aliphatic heterocycles. The van der Waals surface area contributed by atoms with Crippen molar-refractivity contribution >= 4 is 16.7 Å². The van der Waals surface area contributed by atoms with E-state index in [4.69, 9.17) is 4.74 Å². The highest BCUT2D eigenvalue weighted by atomic mass is 32.1. The summed E-state index contributed by atoms with van der Waals surface area (Å²) >= 11 is 1.51. The molecular weight excluding hydrogens is 308 g/mol. The van der Waals surface area contributed by atoms with Crippen molar-refractivity contribution in [3.8, 4) is 0 Å². The Kier molecular flexibility index (Phi) is 4.29. The van der Waals surface area contributed by atoms with Crippen LogP contribution in [0.5, 0.6) is 0 Å². The lowest BCUT2D eigenvalue weighted by molar-refractivity contribution is -0.0499. The number of benzene rings is 1. The van der Waals surface area contributed by atoms with E-state index in [-0.39, 0.29) is 6.10 Å². The standard InChI is InChI=1S/C17H22N4OS/c1-2-16-18-17(23-19-16)21-11-14-15(12-21)22-9-8-20(14)10-13-6-4-3-5-7-13/h3-7,14-15H,2,8-12H2,1H3/t14-,15+/m1/s1. The number of hydrogen-bond donors (Lipinski definition) is 0. The van der Waals surface area contributed by atoms with Crippen LogP contribution < -0.4 is 4.90 Å². The average Bonchev–Trinajstić information content (AvgIpc) is 3.23. The van der Waals surface area contributed by atoms with Crippen molar-refractivity contribution in [2.45, 2.75) is 32.0 Å². The Hall–Kier alpha value is -1.50. The molecule has 0 amide bonds. The van der Waals surface area contributed by atoms with Gasteiger partial charge in [-0.05, 0) is 5.56 Å². The number of aryl methyl sites for hydroxylation is 1. The first-order valence-electron chi connectivity index (χ1n) is 8.30. The molecule has 2 aliphatic rings. The van der Waals surface area contributed by atoms with Gasteiger partial charge in [0, 0.05) is 44.1 Å². The third kappa shape index (κ3) is 3.11. The lowest BCUT2D eigenvalue weighted by atomic mass is 10.1. The minimum atomic E-state index is 0.279. The third-order valence-corrected chi connectivity index (χ3v) is 5.50. The summed E-state index contributed by atoms with van der Waals surface area (Å²) in [6.45, 7) is 6.82. The maximum atomic E-state index is 6.03. The van der Waals surface area contributed by atoms with Gasteiger partial charge in [-0.3, -0.25) is 4.90 Å². The fourth-order valence-corrected chi connectivity index (χ4v) is 4.21. The number of hydrogen-bond acceptors (Lipinski definition) is 6. The highest BCUT2D eigenvalue weighted by molar-refractivity contribution is 7.09. The maximum absolute atomic E-state index is 6.03. The molecule has 6 heteroatoms. The van der Waals surface area contributed by atoms with Crippen molar-refractivity contribution < 1.29 is 4.74 Å². The van der Waals surface area contributed by atoms with Crippen LogP contribution in [-0.4, -0.2) is 52.6 Å². The Morgan fingerprint density at radius 1 is 1.26 bits per heavy atom. The Morgan fingerprint density at radius 2 is 2.13 bits per heavy atom. The Bertz CT molecular complexity index is 647. The van der Waals surface area contributed by atoms with Crippen LogP contribution in [0, 0.1) is 0 Å². The average molecular weight is 330 g/mol. The second-order valence-electron chi connectivity index (χ2n) is 6.18. The van der Waals surface area contributed by atoms with Gasteiger partial charge in [0.05, 0.1) is 18.8 Å². The summed E-state index contributed by atoms with van der Waals surface area (Å²) in [6, 6.07) is 11.1. The summed E-state index contributed by atoms with van der Waals surface area (Å²) in [5, 5.41) is 1.04. The minimum absolute atomic E-state index is 0.279. The maximum Gasteiger partial charge on any atom is 0.205 e. The van der Waals surface area contributed by atoms with Crippen LogP contribution in [-0.2, 0) is 17.7 Å². The molecule has 2 saturated heterocycles. The molecule has 0 aliphatic carbocycles. The number of nitrogens with zero attached hydrogens (tertiary/aromatic N) is 4. The van der Waals surface area contributed by atoms with Crippen molar-refractivity contribution in [1.82, 2.24) is 14.3 Å². The van der Waals surface area contributed by atoms with E-state index in [0.717, 1.165) is 50.2 Å². The molecular formula is C17H22N4OS. The molecule has 0 bridgehead atoms. The van der Waals surface area contributed by atoms with Gasteiger partial charge in [-0.25, -0.2) is 4.98 Å². The SMILES string of the molecule is CCc1nsc(N2C[C@@H]3OCCN(Cc4ccccc4)[C@@H]3C2)n1. The molecule has 0 spiro atoms. The zero-order valence-corrected chi connectivity index (χ0v) is 14.2. The summed E-state index contributed by atoms with van der Waals surface area (Å²) < 4.78 is 10.4. The molecule has 5 nitrogen and oxygen atoms in total. The van der Waals surface area contributed by atoms with Gasteiger partial charge in [-0.1, -0.05) is 37.3 Å². The fourth-order valence-electron chi connectivity index (χ4n) is 3.45. The first-order valence-corrected chi connectivity index (χ1v) is 9.08. The van der Waals surface area contributed by atoms with Crippen LogP contribution in [0.25, 0.3) is 0 Å². The first kappa shape index (κ1) is 15.1. The smallest absolute Gasteiger partial charge is 0.205 e. The molecule has 4 rings (SSSR count). The summed E-state index contributed by atoms with van der Waals surface area (Å²) in [6.07, 6.45) is 1.18. The molecule has 2 aromatic rings. The molecule has 1 aromatic carbocycles. The fraction of sp³-hybridized carbons (Fsp3) is 0.529. The van der Waals surface area contributed by atoms with Crippen LogP contribution >= 0.6 is 11.5 Å². The lowest BCUT2D eigenvalue weighted by Crippen LogP contribution is -2.50. The molecule has 2 fully saturated rings. The molecule has 0 saturated carbocycles. The van der Waals surface area contributed by atoms with E-state index in [2.05, 4.69) is 56.4 Å². The number of anilines is 1. The molecule has 0 N–H and O–H groups in total. The van der Waals surface area contributed by atoms with Crippen molar-refractivity contribution in [1.29, 1.82) is 0 Å². The molecule has 0 unspecified atom stereocenters. The van der Waals surface area contributed by atoms with E-state index in [9.17, 15) is 0 Å². The third-order valence-electron chi connectivity index (χ3n) is 4.69. The van der Waals surface area contributed by atoms with Crippen LogP contribution in [0.3, 0.4) is 0 Å². The van der Waals surface area contributed by atoms with Gasteiger partial charge in [-0.15, -0.1) is 0 Å². The van der Waals surface area contributed by atoms with E-state index in [1.165, 1.54) is 17.1 Å². The molecule has 1 aromatic heterocycles. The van der Waals surface area contributed by atoms with E-state index in [0.29, 0.717) is 6.04 Å². The Labute approximate surface area is 141 Å². The van der Waals surface area contributed by atoms with E-state index in [1.54, 1.807) is 0 Å². The lowest BCUT2D eigenvalue weighted by Gasteiger charge is -2.36. The van der Waals surface area contributed by atoms with Gasteiger partial charge < -0.3 is 9.64 Å². The molecule has 122 valence electrons. The van der Waals surface area contributed by atoms with Gasteiger partial charge in [0.15, 0.2) is 0 Å². The number of ether oxygens (including phenoxy) is 1. The van der Waals surface area contributed by atoms with Crippen molar-refractivity contribution in [3.05, 3.63) is 41.7 Å². The summed E-state index contributed by atoms with van der Waals surface area (Å²) in [4.78, 5) is 9.54. The first-order chi connectivity index (χ1) is 11.3. The minimum Gasteiger partial charge on any atom is -0.373 e. The van der Waals surface area contributed by atoms with Crippen LogP contribution in [0.2, 0.25) is 0 Å². The predicted octanol–water partition coefficient (Wildman–Crippen LogP) is 2.19. The topological polar surface area (TPSA) is 41.5 Å². The monoisotopic (exact) mass is 330 g/mol. The second kappa shape index (κ2) is 6.55. The van der Waals surface area contributed by atoms with Gasteiger partial charge >= 0.3 is 0 Å². The Balaban J connectivity index is 1.47. The quantitative estimate of drug-likeness (QED) is 0.859. The highest BCUT2D eigenvalue weighted by Crippen LogP contribution is 2.29. The van der Waals surface area contributed by atoms with Gasteiger partial charge in [-0.2, -0.15) is 4.37 Å². The van der Waals surface area contributed by atoms with E-state index < -0.39 is 0 Å². The van der Waals surface area contributed by atoms with E-state index >= 15 is 0 Å². The van der Waals surface area contributed by atoms with Crippen LogP contribution in [0.1, 0.15) is 18.3 Å². The second-order valence-corrected chi connectivity index (χ2v) is 6.91. The normalized spacial score (nSPS) is 24.8. The number of fused-ring (bicyclic) bond motifs is 1. The van der Waals surface area contributed by atoms with E-state index in [1.807, 2.05) is 0 Å².